The highest BCUT2D eigenvalue weighted by molar-refractivity contribution is 6.36. The summed E-state index contributed by atoms with van der Waals surface area (Å²) < 4.78 is 2.05. The molecule has 3 rings (SSSR count). The summed E-state index contributed by atoms with van der Waals surface area (Å²) in [6.45, 7) is 1.15. The number of aromatic nitrogens is 3. The summed E-state index contributed by atoms with van der Waals surface area (Å²) in [4.78, 5) is 8.83. The fraction of sp³-hybridized carbons (Fsp3) is 0.176. The van der Waals surface area contributed by atoms with Gasteiger partial charge in [0.25, 0.3) is 0 Å². The Bertz CT molecular complexity index is 800. The van der Waals surface area contributed by atoms with Gasteiger partial charge in [-0.15, -0.1) is 0 Å². The highest BCUT2D eigenvalue weighted by Crippen LogP contribution is 2.31. The zero-order valence-corrected chi connectivity index (χ0v) is 13.9. The van der Waals surface area contributed by atoms with E-state index >= 15 is 0 Å². The van der Waals surface area contributed by atoms with Crippen LogP contribution in [0.4, 0.5) is 0 Å². The molecular weight excluding hydrogens is 331 g/mol. The molecule has 0 spiro atoms. The van der Waals surface area contributed by atoms with Gasteiger partial charge < -0.3 is 10.3 Å². The van der Waals surface area contributed by atoms with E-state index in [0.717, 1.165) is 35.6 Å². The smallest absolute Gasteiger partial charge is 0.0956 e. The van der Waals surface area contributed by atoms with Crippen LogP contribution < -0.4 is 5.73 Å². The summed E-state index contributed by atoms with van der Waals surface area (Å²) >= 11 is 12.2. The SMILES string of the molecule is NCc1c(-c2ccc(Cl)cc2Cl)ncn1CCc1ccccn1. The molecule has 0 saturated heterocycles. The first kappa shape index (κ1) is 16.0. The topological polar surface area (TPSA) is 56.7 Å². The molecule has 6 heteroatoms. The average Bonchev–Trinajstić information content (AvgIpc) is 2.96. The number of nitrogens with zero attached hydrogens (tertiary/aromatic N) is 3. The van der Waals surface area contributed by atoms with Crippen molar-refractivity contribution < 1.29 is 0 Å². The number of halogens is 2. The van der Waals surface area contributed by atoms with Crippen molar-refractivity contribution in [3.05, 3.63) is 70.4 Å². The number of nitrogens with two attached hydrogens (primary N) is 1. The minimum atomic E-state index is 0.385. The van der Waals surface area contributed by atoms with Gasteiger partial charge in [-0.25, -0.2) is 4.98 Å². The molecule has 23 heavy (non-hydrogen) atoms. The van der Waals surface area contributed by atoms with E-state index in [9.17, 15) is 0 Å². The van der Waals surface area contributed by atoms with Gasteiger partial charge in [-0.05, 0) is 30.3 Å². The second-order valence-electron chi connectivity index (χ2n) is 5.13. The Labute approximate surface area is 144 Å². The third-order valence-corrected chi connectivity index (χ3v) is 4.21. The zero-order chi connectivity index (χ0) is 16.2. The van der Waals surface area contributed by atoms with Crippen molar-refractivity contribution in [2.24, 2.45) is 5.73 Å². The molecule has 2 aromatic heterocycles. The van der Waals surface area contributed by atoms with Crippen LogP contribution in [0.3, 0.4) is 0 Å². The molecule has 2 N–H and O–H groups in total. The Hall–Kier alpha value is -1.88. The fourth-order valence-electron chi connectivity index (χ4n) is 2.50. The number of benzene rings is 1. The van der Waals surface area contributed by atoms with E-state index in [-0.39, 0.29) is 0 Å². The molecule has 0 aliphatic rings. The maximum atomic E-state index is 6.29. The quantitative estimate of drug-likeness (QED) is 0.760. The van der Waals surface area contributed by atoms with Crippen LogP contribution in [0.5, 0.6) is 0 Å². The maximum absolute atomic E-state index is 6.29. The standard InChI is InChI=1S/C17H16Cl2N4/c18-12-4-5-14(15(19)9-12)17-16(10-20)23(11-22-17)8-6-13-3-1-2-7-21-13/h1-5,7,9,11H,6,8,10,20H2. The molecule has 3 aromatic rings. The number of rotatable bonds is 5. The zero-order valence-electron chi connectivity index (χ0n) is 12.4. The molecule has 0 aliphatic carbocycles. The van der Waals surface area contributed by atoms with Crippen molar-refractivity contribution in [3.63, 3.8) is 0 Å². The van der Waals surface area contributed by atoms with Crippen LogP contribution in [0.2, 0.25) is 10.0 Å². The first-order valence-electron chi connectivity index (χ1n) is 7.28. The molecule has 0 amide bonds. The number of hydrogen-bond donors (Lipinski definition) is 1. The van der Waals surface area contributed by atoms with Crippen LogP contribution in [-0.2, 0) is 19.5 Å². The Morgan fingerprint density at radius 1 is 1.09 bits per heavy atom. The fourth-order valence-corrected chi connectivity index (χ4v) is 3.00. The molecule has 4 nitrogen and oxygen atoms in total. The van der Waals surface area contributed by atoms with Crippen LogP contribution in [0.25, 0.3) is 11.3 Å². The van der Waals surface area contributed by atoms with E-state index in [4.69, 9.17) is 28.9 Å². The van der Waals surface area contributed by atoms with Gasteiger partial charge in [0.2, 0.25) is 0 Å². The van der Waals surface area contributed by atoms with Crippen LogP contribution in [0, 0.1) is 0 Å². The monoisotopic (exact) mass is 346 g/mol. The summed E-state index contributed by atoms with van der Waals surface area (Å²) in [5.41, 5.74) is 9.56. The Balaban J connectivity index is 1.87. The maximum Gasteiger partial charge on any atom is 0.0956 e. The number of imidazole rings is 1. The van der Waals surface area contributed by atoms with E-state index in [2.05, 4.69) is 14.5 Å². The van der Waals surface area contributed by atoms with E-state index < -0.39 is 0 Å². The molecular formula is C17H16Cl2N4. The summed E-state index contributed by atoms with van der Waals surface area (Å²) in [6, 6.07) is 11.3. The Morgan fingerprint density at radius 3 is 2.65 bits per heavy atom. The lowest BCUT2D eigenvalue weighted by atomic mass is 10.1. The number of aryl methyl sites for hydroxylation is 2. The first-order valence-corrected chi connectivity index (χ1v) is 8.04. The van der Waals surface area contributed by atoms with Gasteiger partial charge in [-0.2, -0.15) is 0 Å². The van der Waals surface area contributed by atoms with Crippen molar-refractivity contribution in [1.29, 1.82) is 0 Å². The Kier molecular flexibility index (Phi) is 4.96. The van der Waals surface area contributed by atoms with Crippen molar-refractivity contribution in [2.75, 3.05) is 0 Å². The lowest BCUT2D eigenvalue weighted by Crippen LogP contribution is -2.10. The molecule has 118 valence electrons. The van der Waals surface area contributed by atoms with Crippen LogP contribution in [0.15, 0.2) is 48.9 Å². The predicted octanol–water partition coefficient (Wildman–Crippen LogP) is 3.95. The van der Waals surface area contributed by atoms with Crippen LogP contribution in [-0.4, -0.2) is 14.5 Å². The largest absolute Gasteiger partial charge is 0.332 e. The van der Waals surface area contributed by atoms with Gasteiger partial charge in [0.1, 0.15) is 0 Å². The van der Waals surface area contributed by atoms with Gasteiger partial charge in [0.15, 0.2) is 0 Å². The molecule has 0 radical (unpaired) electrons. The summed E-state index contributed by atoms with van der Waals surface area (Å²) in [5.74, 6) is 0. The minimum absolute atomic E-state index is 0.385. The second-order valence-corrected chi connectivity index (χ2v) is 5.98. The molecule has 0 aliphatic heterocycles. The molecule has 0 bridgehead atoms. The average molecular weight is 347 g/mol. The molecule has 0 fully saturated rings. The minimum Gasteiger partial charge on any atom is -0.332 e. The van der Waals surface area contributed by atoms with Crippen molar-refractivity contribution >= 4 is 23.2 Å². The summed E-state index contributed by atoms with van der Waals surface area (Å²) in [5, 5.41) is 1.17. The third-order valence-electron chi connectivity index (χ3n) is 3.66. The lowest BCUT2D eigenvalue weighted by molar-refractivity contribution is 0.653. The van der Waals surface area contributed by atoms with Gasteiger partial charge in [-0.3, -0.25) is 4.98 Å². The van der Waals surface area contributed by atoms with Crippen LogP contribution in [0.1, 0.15) is 11.4 Å². The normalized spacial score (nSPS) is 10.9. The van der Waals surface area contributed by atoms with E-state index in [1.165, 1.54) is 0 Å². The molecule has 0 saturated carbocycles. The summed E-state index contributed by atoms with van der Waals surface area (Å²) in [6.07, 6.45) is 4.41. The number of hydrogen-bond acceptors (Lipinski definition) is 3. The predicted molar refractivity (Wildman–Crippen MR) is 93.5 cm³/mol. The van der Waals surface area contributed by atoms with E-state index in [1.54, 1.807) is 24.7 Å². The molecule has 2 heterocycles. The van der Waals surface area contributed by atoms with Gasteiger partial charge in [0, 0.05) is 42.0 Å². The van der Waals surface area contributed by atoms with Gasteiger partial charge in [0.05, 0.1) is 22.7 Å². The van der Waals surface area contributed by atoms with E-state index in [0.29, 0.717) is 16.6 Å². The van der Waals surface area contributed by atoms with Gasteiger partial charge >= 0.3 is 0 Å². The molecule has 1 aromatic carbocycles. The Morgan fingerprint density at radius 2 is 1.96 bits per heavy atom. The van der Waals surface area contributed by atoms with Crippen molar-refractivity contribution in [1.82, 2.24) is 14.5 Å². The number of pyridine rings is 1. The summed E-state index contributed by atoms with van der Waals surface area (Å²) in [7, 11) is 0. The van der Waals surface area contributed by atoms with Crippen molar-refractivity contribution in [3.8, 4) is 11.3 Å². The highest BCUT2D eigenvalue weighted by Gasteiger charge is 2.14. The first-order chi connectivity index (χ1) is 11.2. The van der Waals surface area contributed by atoms with Gasteiger partial charge in [-0.1, -0.05) is 29.3 Å². The van der Waals surface area contributed by atoms with Crippen molar-refractivity contribution in [2.45, 2.75) is 19.5 Å². The molecule has 0 unspecified atom stereocenters. The van der Waals surface area contributed by atoms with E-state index in [1.807, 2.05) is 24.3 Å². The lowest BCUT2D eigenvalue weighted by Gasteiger charge is -2.09. The molecule has 0 atom stereocenters. The third kappa shape index (κ3) is 3.55. The highest BCUT2D eigenvalue weighted by atomic mass is 35.5. The second kappa shape index (κ2) is 7.13. The van der Waals surface area contributed by atoms with Crippen LogP contribution >= 0.6 is 23.2 Å².